The van der Waals surface area contributed by atoms with Crippen molar-refractivity contribution in [3.8, 4) is 11.7 Å². The van der Waals surface area contributed by atoms with E-state index in [1.54, 1.807) is 53.2 Å². The highest BCUT2D eigenvalue weighted by Crippen LogP contribution is 2.20. The van der Waals surface area contributed by atoms with E-state index in [1.807, 2.05) is 6.07 Å². The van der Waals surface area contributed by atoms with Gasteiger partial charge in [0.05, 0.1) is 0 Å². The second-order valence-corrected chi connectivity index (χ2v) is 6.75. The SMILES string of the molecule is Cc1ccc(C(=O)N2CCC(Oc3ccc(-n4cccn4)nn3)CC2)cc1F. The average molecular weight is 381 g/mol. The monoisotopic (exact) mass is 381 g/mol. The summed E-state index contributed by atoms with van der Waals surface area (Å²) in [4.78, 5) is 14.3. The van der Waals surface area contributed by atoms with E-state index in [1.165, 1.54) is 6.07 Å². The normalized spacial score (nSPS) is 14.9. The zero-order valence-corrected chi connectivity index (χ0v) is 15.5. The zero-order chi connectivity index (χ0) is 19.5. The van der Waals surface area contributed by atoms with Gasteiger partial charge in [-0.3, -0.25) is 4.79 Å². The molecular formula is C20H20FN5O2. The maximum atomic E-state index is 13.7. The molecule has 1 fully saturated rings. The number of hydrogen-bond donors (Lipinski definition) is 0. The second-order valence-electron chi connectivity index (χ2n) is 6.75. The van der Waals surface area contributed by atoms with Crippen LogP contribution in [-0.4, -0.2) is 50.0 Å². The number of carbonyl (C=O) groups is 1. The van der Waals surface area contributed by atoms with Crippen molar-refractivity contribution in [1.82, 2.24) is 24.9 Å². The number of carbonyl (C=O) groups excluding carboxylic acids is 1. The highest BCUT2D eigenvalue weighted by Gasteiger charge is 2.25. The van der Waals surface area contributed by atoms with Crippen LogP contribution in [0.1, 0.15) is 28.8 Å². The Labute approximate surface area is 161 Å². The lowest BCUT2D eigenvalue weighted by Crippen LogP contribution is -2.41. The van der Waals surface area contributed by atoms with Crippen molar-refractivity contribution in [2.24, 2.45) is 0 Å². The number of hydrogen-bond acceptors (Lipinski definition) is 5. The van der Waals surface area contributed by atoms with Crippen LogP contribution in [0.15, 0.2) is 48.8 Å². The first-order valence-corrected chi connectivity index (χ1v) is 9.16. The maximum Gasteiger partial charge on any atom is 0.253 e. The summed E-state index contributed by atoms with van der Waals surface area (Å²) >= 11 is 0. The van der Waals surface area contributed by atoms with Crippen LogP contribution in [0.3, 0.4) is 0 Å². The number of amides is 1. The molecule has 3 aromatic rings. The number of likely N-dealkylation sites (tertiary alicyclic amines) is 1. The number of nitrogens with zero attached hydrogens (tertiary/aromatic N) is 5. The lowest BCUT2D eigenvalue weighted by Gasteiger charge is -2.32. The topological polar surface area (TPSA) is 73.1 Å². The van der Waals surface area contributed by atoms with Gasteiger partial charge in [0.25, 0.3) is 5.91 Å². The molecule has 8 heteroatoms. The summed E-state index contributed by atoms with van der Waals surface area (Å²) in [6, 6.07) is 9.96. The minimum Gasteiger partial charge on any atom is -0.473 e. The van der Waals surface area contributed by atoms with E-state index < -0.39 is 0 Å². The number of aryl methyl sites for hydroxylation is 1. The summed E-state index contributed by atoms with van der Waals surface area (Å²) in [6.07, 6.45) is 4.79. The first-order valence-electron chi connectivity index (χ1n) is 9.16. The highest BCUT2D eigenvalue weighted by molar-refractivity contribution is 5.94. The standard InChI is InChI=1S/C20H20FN5O2/c1-14-3-4-15(13-17(14)21)20(27)25-11-7-16(8-12-25)28-19-6-5-18(23-24-19)26-10-2-9-22-26/h2-6,9-10,13,16H,7-8,11-12H2,1H3. The van der Waals surface area contributed by atoms with Crippen molar-refractivity contribution in [3.63, 3.8) is 0 Å². The number of rotatable bonds is 4. The molecule has 144 valence electrons. The fourth-order valence-corrected chi connectivity index (χ4v) is 3.16. The second kappa shape index (κ2) is 7.75. The molecule has 1 saturated heterocycles. The van der Waals surface area contributed by atoms with Gasteiger partial charge in [0, 0.05) is 50.0 Å². The van der Waals surface area contributed by atoms with Crippen LogP contribution >= 0.6 is 0 Å². The molecule has 0 unspecified atom stereocenters. The van der Waals surface area contributed by atoms with Crippen LogP contribution in [-0.2, 0) is 0 Å². The molecule has 28 heavy (non-hydrogen) atoms. The first kappa shape index (κ1) is 18.1. The molecule has 1 aromatic carbocycles. The van der Waals surface area contributed by atoms with Gasteiger partial charge < -0.3 is 9.64 Å². The van der Waals surface area contributed by atoms with Gasteiger partial charge in [-0.2, -0.15) is 5.10 Å². The summed E-state index contributed by atoms with van der Waals surface area (Å²) in [6.45, 7) is 2.78. The van der Waals surface area contributed by atoms with Crippen LogP contribution in [0.2, 0.25) is 0 Å². The molecular weight excluding hydrogens is 361 g/mol. The van der Waals surface area contributed by atoms with E-state index >= 15 is 0 Å². The van der Waals surface area contributed by atoms with E-state index in [-0.39, 0.29) is 17.8 Å². The molecule has 1 amide bonds. The third-order valence-electron chi connectivity index (χ3n) is 4.80. The molecule has 2 aromatic heterocycles. The molecule has 3 heterocycles. The van der Waals surface area contributed by atoms with E-state index in [2.05, 4.69) is 15.3 Å². The van der Waals surface area contributed by atoms with E-state index in [0.717, 1.165) is 0 Å². The summed E-state index contributed by atoms with van der Waals surface area (Å²) < 4.78 is 21.2. The Morgan fingerprint density at radius 3 is 2.64 bits per heavy atom. The van der Waals surface area contributed by atoms with Gasteiger partial charge in [0.2, 0.25) is 5.88 Å². The lowest BCUT2D eigenvalue weighted by molar-refractivity contribution is 0.0585. The summed E-state index contributed by atoms with van der Waals surface area (Å²) in [5.41, 5.74) is 0.908. The Bertz CT molecular complexity index is 951. The molecule has 0 spiro atoms. The fraction of sp³-hybridized carbons (Fsp3) is 0.300. The number of aromatic nitrogens is 4. The number of ether oxygens (including phenoxy) is 1. The Hall–Kier alpha value is -3.29. The van der Waals surface area contributed by atoms with Crippen molar-refractivity contribution in [2.75, 3.05) is 13.1 Å². The summed E-state index contributed by atoms with van der Waals surface area (Å²) in [7, 11) is 0. The van der Waals surface area contributed by atoms with Gasteiger partial charge in [0.15, 0.2) is 5.82 Å². The van der Waals surface area contributed by atoms with E-state index in [9.17, 15) is 9.18 Å². The third-order valence-corrected chi connectivity index (χ3v) is 4.80. The Morgan fingerprint density at radius 1 is 1.18 bits per heavy atom. The third kappa shape index (κ3) is 3.85. The fourth-order valence-electron chi connectivity index (χ4n) is 3.16. The quantitative estimate of drug-likeness (QED) is 0.695. The molecule has 4 rings (SSSR count). The zero-order valence-electron chi connectivity index (χ0n) is 15.5. The predicted molar refractivity (Wildman–Crippen MR) is 99.8 cm³/mol. The summed E-state index contributed by atoms with van der Waals surface area (Å²) in [5.74, 6) is 0.548. The number of piperidine rings is 1. The van der Waals surface area contributed by atoms with Crippen LogP contribution in [0.4, 0.5) is 4.39 Å². The largest absolute Gasteiger partial charge is 0.473 e. The Kier molecular flexibility index (Phi) is 5.01. The van der Waals surface area contributed by atoms with Crippen molar-refractivity contribution in [1.29, 1.82) is 0 Å². The molecule has 0 N–H and O–H groups in total. The highest BCUT2D eigenvalue weighted by atomic mass is 19.1. The smallest absolute Gasteiger partial charge is 0.253 e. The van der Waals surface area contributed by atoms with Crippen LogP contribution in [0, 0.1) is 12.7 Å². The first-order chi connectivity index (χ1) is 13.6. The molecule has 0 aliphatic carbocycles. The van der Waals surface area contributed by atoms with Gasteiger partial charge in [-0.15, -0.1) is 10.2 Å². The van der Waals surface area contributed by atoms with E-state index in [0.29, 0.717) is 48.8 Å². The Morgan fingerprint density at radius 2 is 2.00 bits per heavy atom. The molecule has 0 saturated carbocycles. The van der Waals surface area contributed by atoms with Crippen molar-refractivity contribution < 1.29 is 13.9 Å². The molecule has 7 nitrogen and oxygen atoms in total. The van der Waals surface area contributed by atoms with Crippen LogP contribution in [0.25, 0.3) is 5.82 Å². The molecule has 0 atom stereocenters. The van der Waals surface area contributed by atoms with Gasteiger partial charge in [-0.25, -0.2) is 9.07 Å². The number of halogens is 1. The molecule has 1 aliphatic heterocycles. The van der Waals surface area contributed by atoms with Crippen molar-refractivity contribution >= 4 is 5.91 Å². The maximum absolute atomic E-state index is 13.7. The molecule has 1 aliphatic rings. The minimum absolute atomic E-state index is 0.0383. The molecule has 0 bridgehead atoms. The van der Waals surface area contributed by atoms with Crippen LogP contribution < -0.4 is 4.74 Å². The lowest BCUT2D eigenvalue weighted by atomic mass is 10.1. The van der Waals surface area contributed by atoms with Gasteiger partial charge >= 0.3 is 0 Å². The number of benzene rings is 1. The van der Waals surface area contributed by atoms with Gasteiger partial charge in [-0.05, 0) is 36.8 Å². The Balaban J connectivity index is 1.32. The van der Waals surface area contributed by atoms with Gasteiger partial charge in [0.1, 0.15) is 11.9 Å². The van der Waals surface area contributed by atoms with E-state index in [4.69, 9.17) is 4.74 Å². The van der Waals surface area contributed by atoms with Crippen LogP contribution in [0.5, 0.6) is 5.88 Å². The molecule has 0 radical (unpaired) electrons. The van der Waals surface area contributed by atoms with Gasteiger partial charge in [-0.1, -0.05) is 6.07 Å². The average Bonchev–Trinajstić information content (AvgIpc) is 3.26. The predicted octanol–water partition coefficient (Wildman–Crippen LogP) is 2.79. The van der Waals surface area contributed by atoms with Crippen molar-refractivity contribution in [2.45, 2.75) is 25.9 Å². The minimum atomic E-state index is -0.360. The summed E-state index contributed by atoms with van der Waals surface area (Å²) in [5, 5.41) is 12.3. The van der Waals surface area contributed by atoms with Crippen molar-refractivity contribution in [3.05, 3.63) is 65.7 Å².